The van der Waals surface area contributed by atoms with Crippen LogP contribution < -0.4 is 4.90 Å². The van der Waals surface area contributed by atoms with Gasteiger partial charge in [-0.15, -0.1) is 0 Å². The average Bonchev–Trinajstić information content (AvgIpc) is 3.31. The number of anilines is 1. The van der Waals surface area contributed by atoms with Crippen molar-refractivity contribution in [1.82, 2.24) is 14.9 Å². The summed E-state index contributed by atoms with van der Waals surface area (Å²) in [6.07, 6.45) is 9.23. The Morgan fingerprint density at radius 2 is 1.78 bits per heavy atom. The van der Waals surface area contributed by atoms with Gasteiger partial charge in [0.25, 0.3) is 5.91 Å². The Morgan fingerprint density at radius 1 is 1.00 bits per heavy atom. The van der Waals surface area contributed by atoms with Gasteiger partial charge in [0.15, 0.2) is 5.82 Å². The van der Waals surface area contributed by atoms with Crippen LogP contribution in [0.3, 0.4) is 0 Å². The number of carbonyl (C=O) groups is 2. The van der Waals surface area contributed by atoms with E-state index < -0.39 is 0 Å². The molecule has 1 saturated heterocycles. The first-order chi connectivity index (χ1) is 15.6. The third-order valence-corrected chi connectivity index (χ3v) is 7.35. The molecule has 2 aromatic rings. The van der Waals surface area contributed by atoms with Crippen LogP contribution >= 0.6 is 0 Å². The molecular weight excluding hydrogens is 400 g/mol. The fourth-order valence-corrected chi connectivity index (χ4v) is 5.59. The first kappa shape index (κ1) is 21.1. The number of hydrogen-bond acceptors (Lipinski definition) is 4. The number of aromatic nitrogens is 2. The fourth-order valence-electron chi connectivity index (χ4n) is 5.59. The SMILES string of the molecule is Cc1nc(C2CCCN2C(=O)c2ccccc2)nc2c1CCC(=O)N2CC1CCCCC1. The molecule has 1 aromatic carbocycles. The van der Waals surface area contributed by atoms with Gasteiger partial charge in [-0.3, -0.25) is 14.5 Å². The molecule has 0 N–H and O–H groups in total. The lowest BCUT2D eigenvalue weighted by Gasteiger charge is -2.34. The molecule has 32 heavy (non-hydrogen) atoms. The molecule has 2 amide bonds. The molecule has 3 aliphatic rings. The van der Waals surface area contributed by atoms with Crippen molar-refractivity contribution in [2.45, 2.75) is 70.8 Å². The van der Waals surface area contributed by atoms with Crippen LogP contribution in [0.5, 0.6) is 0 Å². The molecule has 0 radical (unpaired) electrons. The van der Waals surface area contributed by atoms with Gasteiger partial charge in [0, 0.05) is 36.3 Å². The molecular formula is C26H32N4O2. The molecule has 6 nitrogen and oxygen atoms in total. The highest BCUT2D eigenvalue weighted by atomic mass is 16.2. The van der Waals surface area contributed by atoms with Crippen LogP contribution in [0.1, 0.15) is 84.8 Å². The van der Waals surface area contributed by atoms with Crippen LogP contribution in [0.25, 0.3) is 0 Å². The zero-order chi connectivity index (χ0) is 22.1. The van der Waals surface area contributed by atoms with Crippen molar-refractivity contribution in [3.63, 3.8) is 0 Å². The normalized spacial score (nSPS) is 21.7. The summed E-state index contributed by atoms with van der Waals surface area (Å²) in [5.41, 5.74) is 2.75. The largest absolute Gasteiger partial charge is 0.328 e. The van der Waals surface area contributed by atoms with Crippen molar-refractivity contribution in [3.05, 3.63) is 53.0 Å². The predicted octanol–water partition coefficient (Wildman–Crippen LogP) is 4.62. The minimum Gasteiger partial charge on any atom is -0.328 e. The van der Waals surface area contributed by atoms with E-state index in [1.807, 2.05) is 47.1 Å². The van der Waals surface area contributed by atoms with Crippen LogP contribution in [0, 0.1) is 12.8 Å². The van der Waals surface area contributed by atoms with Gasteiger partial charge in [-0.05, 0) is 57.1 Å². The van der Waals surface area contributed by atoms with E-state index in [-0.39, 0.29) is 17.9 Å². The highest BCUT2D eigenvalue weighted by Gasteiger charge is 2.36. The number of nitrogens with zero attached hydrogens (tertiary/aromatic N) is 4. The van der Waals surface area contributed by atoms with Gasteiger partial charge in [-0.25, -0.2) is 9.97 Å². The molecule has 0 bridgehead atoms. The highest BCUT2D eigenvalue weighted by Crippen LogP contribution is 2.36. The molecule has 3 heterocycles. The molecule has 1 aromatic heterocycles. The lowest BCUT2D eigenvalue weighted by atomic mass is 9.88. The summed E-state index contributed by atoms with van der Waals surface area (Å²) < 4.78 is 0. The first-order valence-electron chi connectivity index (χ1n) is 12.2. The van der Waals surface area contributed by atoms with Gasteiger partial charge < -0.3 is 4.90 Å². The van der Waals surface area contributed by atoms with Crippen molar-refractivity contribution < 1.29 is 9.59 Å². The van der Waals surface area contributed by atoms with E-state index in [4.69, 9.17) is 9.97 Å². The van der Waals surface area contributed by atoms with Crippen molar-refractivity contribution >= 4 is 17.6 Å². The second-order valence-corrected chi connectivity index (χ2v) is 9.50. The van der Waals surface area contributed by atoms with Gasteiger partial charge in [-0.2, -0.15) is 0 Å². The summed E-state index contributed by atoms with van der Waals surface area (Å²) in [5.74, 6) is 2.25. The zero-order valence-electron chi connectivity index (χ0n) is 18.9. The van der Waals surface area contributed by atoms with Crippen LogP contribution in [0.4, 0.5) is 5.82 Å². The number of benzene rings is 1. The Kier molecular flexibility index (Phi) is 5.94. The smallest absolute Gasteiger partial charge is 0.254 e. The molecule has 1 saturated carbocycles. The summed E-state index contributed by atoms with van der Waals surface area (Å²) in [5, 5.41) is 0. The molecule has 1 atom stereocenters. The lowest BCUT2D eigenvalue weighted by Crippen LogP contribution is -2.41. The highest BCUT2D eigenvalue weighted by molar-refractivity contribution is 5.96. The van der Waals surface area contributed by atoms with Gasteiger partial charge in [0.1, 0.15) is 5.82 Å². The maximum Gasteiger partial charge on any atom is 0.254 e. The topological polar surface area (TPSA) is 66.4 Å². The first-order valence-corrected chi connectivity index (χ1v) is 12.2. The van der Waals surface area contributed by atoms with Gasteiger partial charge in [-0.1, -0.05) is 37.5 Å². The Hall–Kier alpha value is -2.76. The lowest BCUT2D eigenvalue weighted by molar-refractivity contribution is -0.119. The van der Waals surface area contributed by atoms with E-state index in [2.05, 4.69) is 0 Å². The molecule has 0 spiro atoms. The standard InChI is InChI=1S/C26H32N4O2/c1-18-21-14-15-23(31)30(17-19-9-4-2-5-10-19)25(21)28-24(27-18)22-13-8-16-29(22)26(32)20-11-6-3-7-12-20/h3,6-7,11-12,19,22H,2,4-5,8-10,13-17H2,1H3. The van der Waals surface area contributed by atoms with Gasteiger partial charge >= 0.3 is 0 Å². The van der Waals surface area contributed by atoms with Crippen molar-refractivity contribution in [1.29, 1.82) is 0 Å². The van der Waals surface area contributed by atoms with Crippen LogP contribution in [-0.2, 0) is 11.2 Å². The van der Waals surface area contributed by atoms with E-state index >= 15 is 0 Å². The van der Waals surface area contributed by atoms with Gasteiger partial charge in [0.2, 0.25) is 5.91 Å². The number of carbonyl (C=O) groups excluding carboxylic acids is 2. The molecule has 168 valence electrons. The van der Waals surface area contributed by atoms with Crippen LogP contribution in [0.15, 0.2) is 30.3 Å². The minimum absolute atomic E-state index is 0.0298. The predicted molar refractivity (Wildman–Crippen MR) is 123 cm³/mol. The Morgan fingerprint density at radius 3 is 2.56 bits per heavy atom. The fraction of sp³-hybridized carbons (Fsp3) is 0.538. The number of aryl methyl sites for hydroxylation is 1. The van der Waals surface area contributed by atoms with E-state index in [9.17, 15) is 9.59 Å². The van der Waals surface area contributed by atoms with E-state index in [1.165, 1.54) is 32.1 Å². The Bertz CT molecular complexity index is 1000. The number of rotatable bonds is 4. The maximum absolute atomic E-state index is 13.2. The average molecular weight is 433 g/mol. The third kappa shape index (κ3) is 4.03. The summed E-state index contributed by atoms with van der Waals surface area (Å²) in [6, 6.07) is 9.30. The van der Waals surface area contributed by atoms with Crippen LogP contribution in [0.2, 0.25) is 0 Å². The Labute approximate surface area is 190 Å². The molecule has 1 unspecified atom stereocenters. The third-order valence-electron chi connectivity index (χ3n) is 7.35. The molecule has 2 aliphatic heterocycles. The number of amides is 2. The summed E-state index contributed by atoms with van der Waals surface area (Å²) >= 11 is 0. The molecule has 1 aliphatic carbocycles. The number of fused-ring (bicyclic) bond motifs is 1. The van der Waals surface area contributed by atoms with E-state index in [1.54, 1.807) is 0 Å². The second-order valence-electron chi connectivity index (χ2n) is 9.50. The van der Waals surface area contributed by atoms with E-state index in [0.717, 1.165) is 36.5 Å². The summed E-state index contributed by atoms with van der Waals surface area (Å²) in [6.45, 7) is 3.50. The summed E-state index contributed by atoms with van der Waals surface area (Å²) in [7, 11) is 0. The molecule has 5 rings (SSSR count). The number of likely N-dealkylation sites (tertiary alicyclic amines) is 1. The maximum atomic E-state index is 13.2. The number of hydrogen-bond donors (Lipinski definition) is 0. The minimum atomic E-state index is -0.139. The Balaban J connectivity index is 1.46. The summed E-state index contributed by atoms with van der Waals surface area (Å²) in [4.78, 5) is 39.8. The van der Waals surface area contributed by atoms with Crippen molar-refractivity contribution in [3.8, 4) is 0 Å². The van der Waals surface area contributed by atoms with Crippen molar-refractivity contribution in [2.75, 3.05) is 18.0 Å². The molecule has 6 heteroatoms. The van der Waals surface area contributed by atoms with E-state index in [0.29, 0.717) is 36.7 Å². The van der Waals surface area contributed by atoms with Crippen molar-refractivity contribution in [2.24, 2.45) is 5.92 Å². The molecule has 2 fully saturated rings. The van der Waals surface area contributed by atoms with Gasteiger partial charge in [0.05, 0.1) is 6.04 Å². The second kappa shape index (κ2) is 9.00. The quantitative estimate of drug-likeness (QED) is 0.707. The zero-order valence-corrected chi connectivity index (χ0v) is 18.9. The van der Waals surface area contributed by atoms with Crippen LogP contribution in [-0.4, -0.2) is 39.8 Å². The monoisotopic (exact) mass is 432 g/mol.